The molecule has 4 heteroatoms. The van der Waals surface area contributed by atoms with Crippen molar-refractivity contribution in [1.82, 2.24) is 9.80 Å². The molecular weight excluding hydrogens is 324 g/mol. The monoisotopic (exact) mass is 354 g/mol. The zero-order valence-electron chi connectivity index (χ0n) is 16.4. The van der Waals surface area contributed by atoms with Crippen molar-refractivity contribution >= 4 is 12.2 Å². The highest BCUT2D eigenvalue weighted by atomic mass is 16.6. The van der Waals surface area contributed by atoms with Gasteiger partial charge in [0.05, 0.1) is 0 Å². The molecule has 0 radical (unpaired) electrons. The van der Waals surface area contributed by atoms with E-state index in [0.29, 0.717) is 19.1 Å². The number of carbonyl (C=O) groups is 1. The van der Waals surface area contributed by atoms with Crippen LogP contribution in [-0.2, 0) is 4.74 Å². The Morgan fingerprint density at radius 1 is 1.12 bits per heavy atom. The maximum atomic E-state index is 12.3. The summed E-state index contributed by atoms with van der Waals surface area (Å²) >= 11 is 0. The van der Waals surface area contributed by atoms with Gasteiger partial charge in [-0.2, -0.15) is 0 Å². The molecule has 1 aliphatic heterocycles. The number of nitrogens with zero attached hydrogens (tertiary/aromatic N) is 2. The van der Waals surface area contributed by atoms with E-state index in [-0.39, 0.29) is 6.09 Å². The second kappa shape index (κ2) is 7.67. The highest BCUT2D eigenvalue weighted by molar-refractivity contribution is 5.68. The smallest absolute Gasteiger partial charge is 0.410 e. The molecular formula is C22H30N2O2. The van der Waals surface area contributed by atoms with Gasteiger partial charge in [0.2, 0.25) is 0 Å². The van der Waals surface area contributed by atoms with Crippen LogP contribution in [0, 0.1) is 0 Å². The van der Waals surface area contributed by atoms with Crippen molar-refractivity contribution in [3.8, 4) is 0 Å². The predicted octanol–water partition coefficient (Wildman–Crippen LogP) is 4.64. The molecule has 1 aromatic rings. The maximum Gasteiger partial charge on any atom is 0.410 e. The Balaban J connectivity index is 1.72. The first kappa shape index (κ1) is 18.7. The predicted molar refractivity (Wildman–Crippen MR) is 106 cm³/mol. The number of benzene rings is 1. The minimum absolute atomic E-state index is 0.200. The topological polar surface area (TPSA) is 32.8 Å². The number of hydrogen-bond donors (Lipinski definition) is 0. The van der Waals surface area contributed by atoms with E-state index in [0.717, 1.165) is 19.5 Å². The van der Waals surface area contributed by atoms with Crippen LogP contribution in [0.3, 0.4) is 0 Å². The number of amides is 1. The van der Waals surface area contributed by atoms with Crippen LogP contribution in [0.25, 0.3) is 6.08 Å². The lowest BCUT2D eigenvalue weighted by Gasteiger charge is -2.40. The van der Waals surface area contributed by atoms with Gasteiger partial charge in [-0.15, -0.1) is 0 Å². The van der Waals surface area contributed by atoms with Gasteiger partial charge in [0.15, 0.2) is 0 Å². The van der Waals surface area contributed by atoms with Gasteiger partial charge in [-0.1, -0.05) is 48.1 Å². The van der Waals surface area contributed by atoms with Crippen molar-refractivity contribution in [2.45, 2.75) is 45.8 Å². The molecule has 3 rings (SSSR count). The lowest BCUT2D eigenvalue weighted by molar-refractivity contribution is 0.0102. The molecule has 1 atom stereocenters. The van der Waals surface area contributed by atoms with Gasteiger partial charge < -0.3 is 9.64 Å². The Hall–Kier alpha value is -2.07. The highest BCUT2D eigenvalue weighted by Gasteiger charge is 2.30. The quantitative estimate of drug-likeness (QED) is 0.736. The summed E-state index contributed by atoms with van der Waals surface area (Å²) < 4.78 is 5.52. The van der Waals surface area contributed by atoms with Crippen molar-refractivity contribution in [3.63, 3.8) is 0 Å². The molecule has 1 heterocycles. The summed E-state index contributed by atoms with van der Waals surface area (Å²) in [7, 11) is 0. The minimum atomic E-state index is -0.444. The molecule has 2 aliphatic rings. The van der Waals surface area contributed by atoms with Gasteiger partial charge in [-0.3, -0.25) is 4.90 Å². The van der Waals surface area contributed by atoms with Crippen molar-refractivity contribution in [3.05, 3.63) is 53.1 Å². The van der Waals surface area contributed by atoms with Crippen LogP contribution in [-0.4, -0.2) is 47.7 Å². The fraction of sp³-hybridized carbons (Fsp3) is 0.500. The van der Waals surface area contributed by atoms with Crippen molar-refractivity contribution < 1.29 is 9.53 Å². The van der Waals surface area contributed by atoms with Crippen LogP contribution in [0.2, 0.25) is 0 Å². The normalized spacial score (nSPS) is 22.8. The van der Waals surface area contributed by atoms with Crippen LogP contribution in [0.5, 0.6) is 0 Å². The van der Waals surface area contributed by atoms with Crippen LogP contribution in [0.1, 0.15) is 51.3 Å². The fourth-order valence-electron chi connectivity index (χ4n) is 3.65. The molecule has 1 unspecified atom stereocenters. The van der Waals surface area contributed by atoms with E-state index in [1.807, 2.05) is 25.7 Å². The van der Waals surface area contributed by atoms with Gasteiger partial charge in [-0.05, 0) is 45.2 Å². The number of piperazine rings is 1. The van der Waals surface area contributed by atoms with Crippen molar-refractivity contribution in [2.75, 3.05) is 26.2 Å². The van der Waals surface area contributed by atoms with Gasteiger partial charge >= 0.3 is 6.09 Å². The summed E-state index contributed by atoms with van der Waals surface area (Å²) in [4.78, 5) is 16.7. The van der Waals surface area contributed by atoms with Gasteiger partial charge in [0.1, 0.15) is 5.60 Å². The van der Waals surface area contributed by atoms with Crippen LogP contribution in [0.4, 0.5) is 4.79 Å². The van der Waals surface area contributed by atoms with E-state index >= 15 is 0 Å². The molecule has 0 aromatic heterocycles. The Morgan fingerprint density at radius 3 is 2.46 bits per heavy atom. The third-order valence-corrected chi connectivity index (χ3v) is 5.04. The highest BCUT2D eigenvalue weighted by Crippen LogP contribution is 2.34. The van der Waals surface area contributed by atoms with Gasteiger partial charge in [0.25, 0.3) is 0 Å². The third kappa shape index (κ3) is 4.36. The standard InChI is InChI=1S/C22H30N2O2/c1-5-17-10-11-18-8-6-7-9-19(18)20(16-17)23-12-14-24(15-13-23)21(25)26-22(2,3)4/h5-11,20H,12-16H2,1-4H3/b17-5-. The number of rotatable bonds is 1. The first-order valence-electron chi connectivity index (χ1n) is 9.51. The largest absolute Gasteiger partial charge is 0.444 e. The van der Waals surface area contributed by atoms with E-state index in [1.165, 1.54) is 16.7 Å². The molecule has 0 N–H and O–H groups in total. The maximum absolute atomic E-state index is 12.3. The molecule has 1 fully saturated rings. The fourth-order valence-corrected chi connectivity index (χ4v) is 3.65. The molecule has 26 heavy (non-hydrogen) atoms. The van der Waals surface area contributed by atoms with Crippen molar-refractivity contribution in [1.29, 1.82) is 0 Å². The molecule has 0 bridgehead atoms. The summed E-state index contributed by atoms with van der Waals surface area (Å²) in [5.74, 6) is 0. The van der Waals surface area contributed by atoms with Gasteiger partial charge in [-0.25, -0.2) is 4.79 Å². The SMILES string of the molecule is C/C=C1/C=Cc2ccccc2C(N2CCN(C(=O)OC(C)(C)C)CC2)C1. The number of hydrogen-bond acceptors (Lipinski definition) is 3. The zero-order chi connectivity index (χ0) is 18.7. The molecule has 140 valence electrons. The van der Waals surface area contributed by atoms with E-state index < -0.39 is 5.60 Å². The second-order valence-corrected chi connectivity index (χ2v) is 8.05. The van der Waals surface area contributed by atoms with Crippen LogP contribution in [0.15, 0.2) is 42.0 Å². The van der Waals surface area contributed by atoms with Crippen LogP contribution >= 0.6 is 0 Å². The first-order chi connectivity index (χ1) is 12.4. The number of ether oxygens (including phenoxy) is 1. The number of fused-ring (bicyclic) bond motifs is 1. The van der Waals surface area contributed by atoms with E-state index in [9.17, 15) is 4.79 Å². The number of carbonyl (C=O) groups excluding carboxylic acids is 1. The summed E-state index contributed by atoms with van der Waals surface area (Å²) in [6.07, 6.45) is 7.47. The first-order valence-corrected chi connectivity index (χ1v) is 9.51. The summed E-state index contributed by atoms with van der Waals surface area (Å²) in [5, 5.41) is 0. The molecule has 0 saturated carbocycles. The Bertz CT molecular complexity index is 707. The van der Waals surface area contributed by atoms with E-state index in [2.05, 4.69) is 54.3 Å². The minimum Gasteiger partial charge on any atom is -0.444 e. The zero-order valence-corrected chi connectivity index (χ0v) is 16.4. The summed E-state index contributed by atoms with van der Waals surface area (Å²) in [6.45, 7) is 11.0. The average Bonchev–Trinajstić information content (AvgIpc) is 2.80. The average molecular weight is 354 g/mol. The summed E-state index contributed by atoms with van der Waals surface area (Å²) in [5.41, 5.74) is 3.59. The Kier molecular flexibility index (Phi) is 5.52. The summed E-state index contributed by atoms with van der Waals surface area (Å²) in [6, 6.07) is 9.00. The molecule has 1 amide bonds. The van der Waals surface area contributed by atoms with Gasteiger partial charge in [0, 0.05) is 32.2 Å². The molecule has 4 nitrogen and oxygen atoms in total. The molecule has 1 aliphatic carbocycles. The Morgan fingerprint density at radius 2 is 1.81 bits per heavy atom. The van der Waals surface area contributed by atoms with E-state index in [4.69, 9.17) is 4.74 Å². The molecule has 0 spiro atoms. The Labute approximate surface area is 157 Å². The number of allylic oxidation sites excluding steroid dienone is 2. The lowest BCUT2D eigenvalue weighted by Crippen LogP contribution is -2.50. The van der Waals surface area contributed by atoms with Crippen molar-refractivity contribution in [2.24, 2.45) is 0 Å². The second-order valence-electron chi connectivity index (χ2n) is 8.05. The lowest BCUT2D eigenvalue weighted by atomic mass is 9.96. The van der Waals surface area contributed by atoms with Crippen LogP contribution < -0.4 is 0 Å². The third-order valence-electron chi connectivity index (χ3n) is 5.04. The molecule has 1 saturated heterocycles. The molecule has 1 aromatic carbocycles. The van der Waals surface area contributed by atoms with E-state index in [1.54, 1.807) is 0 Å².